The summed E-state index contributed by atoms with van der Waals surface area (Å²) in [5, 5.41) is 4.20. The Labute approximate surface area is 117 Å². The maximum Gasteiger partial charge on any atom is 0.151 e. The Hall–Kier alpha value is -2.40. The summed E-state index contributed by atoms with van der Waals surface area (Å²) < 4.78 is 0. The number of aromatic nitrogens is 1. The third-order valence-electron chi connectivity index (χ3n) is 3.84. The Morgan fingerprint density at radius 1 is 1.30 bits per heavy atom. The van der Waals surface area contributed by atoms with Crippen molar-refractivity contribution in [1.29, 1.82) is 0 Å². The number of fused-ring (bicyclic) bond motifs is 1. The highest BCUT2D eigenvalue weighted by Gasteiger charge is 2.37. The van der Waals surface area contributed by atoms with Gasteiger partial charge in [-0.3, -0.25) is 4.98 Å². The molecule has 1 aliphatic heterocycles. The van der Waals surface area contributed by atoms with Gasteiger partial charge in [-0.1, -0.05) is 19.1 Å². The van der Waals surface area contributed by atoms with E-state index in [0.717, 1.165) is 16.5 Å². The van der Waals surface area contributed by atoms with Gasteiger partial charge in [-0.2, -0.15) is 0 Å². The van der Waals surface area contributed by atoms with Gasteiger partial charge in [0.1, 0.15) is 5.84 Å². The molecule has 0 radical (unpaired) electrons. The van der Waals surface area contributed by atoms with E-state index in [2.05, 4.69) is 21.4 Å². The summed E-state index contributed by atoms with van der Waals surface area (Å²) in [5.41, 5.74) is 13.5. The van der Waals surface area contributed by atoms with Gasteiger partial charge in [0.15, 0.2) is 5.66 Å². The number of aliphatic imine (C=N–C) groups is 1. The molecule has 0 aliphatic carbocycles. The maximum absolute atomic E-state index is 6.39. The summed E-state index contributed by atoms with van der Waals surface area (Å²) in [6.07, 6.45) is 5.11. The van der Waals surface area contributed by atoms with Crippen molar-refractivity contribution >= 4 is 16.7 Å². The smallest absolute Gasteiger partial charge is 0.151 e. The highest BCUT2D eigenvalue weighted by atomic mass is 15.2. The number of pyridine rings is 1. The van der Waals surface area contributed by atoms with Gasteiger partial charge < -0.3 is 16.8 Å². The molecule has 0 saturated heterocycles. The van der Waals surface area contributed by atoms with Gasteiger partial charge >= 0.3 is 0 Å². The summed E-state index contributed by atoms with van der Waals surface area (Å²) in [4.78, 5) is 8.43. The van der Waals surface area contributed by atoms with Gasteiger partial charge in [-0.05, 0) is 23.8 Å². The van der Waals surface area contributed by atoms with Crippen molar-refractivity contribution < 1.29 is 0 Å². The van der Waals surface area contributed by atoms with E-state index in [0.29, 0.717) is 5.84 Å². The molecule has 5 heteroatoms. The zero-order valence-electron chi connectivity index (χ0n) is 11.2. The summed E-state index contributed by atoms with van der Waals surface area (Å²) in [5.74, 6) is 0.361. The minimum absolute atomic E-state index is 0.0270. The quantitative estimate of drug-likeness (QED) is 0.767. The number of hydrogen-bond donors (Lipinski definition) is 3. The lowest BCUT2D eigenvalue weighted by Crippen LogP contribution is -2.64. The van der Waals surface area contributed by atoms with Crippen LogP contribution in [0.4, 0.5) is 0 Å². The molecule has 1 aromatic carbocycles. The van der Waals surface area contributed by atoms with Crippen LogP contribution in [0.3, 0.4) is 0 Å². The highest BCUT2D eigenvalue weighted by molar-refractivity contribution is 5.92. The summed E-state index contributed by atoms with van der Waals surface area (Å²) in [7, 11) is 0. The SMILES string of the molecule is CC(c1ccc2ncccc2c1)C1(N)NC=CN=C1N. The van der Waals surface area contributed by atoms with Gasteiger partial charge in [-0.15, -0.1) is 0 Å². The van der Waals surface area contributed by atoms with Crippen molar-refractivity contribution in [3.8, 4) is 0 Å². The second kappa shape index (κ2) is 4.61. The molecule has 0 saturated carbocycles. The fourth-order valence-electron chi connectivity index (χ4n) is 2.45. The number of nitrogens with two attached hydrogens (primary N) is 2. The van der Waals surface area contributed by atoms with Crippen LogP contribution in [0, 0.1) is 0 Å². The van der Waals surface area contributed by atoms with E-state index >= 15 is 0 Å². The number of nitrogens with one attached hydrogen (secondary N) is 1. The van der Waals surface area contributed by atoms with Crippen LogP contribution in [0.1, 0.15) is 18.4 Å². The normalized spacial score (nSPS) is 23.2. The minimum Gasteiger partial charge on any atom is -0.384 e. The van der Waals surface area contributed by atoms with E-state index in [-0.39, 0.29) is 5.92 Å². The van der Waals surface area contributed by atoms with Gasteiger partial charge in [0, 0.05) is 29.9 Å². The lowest BCUT2D eigenvalue weighted by Gasteiger charge is -2.36. The Balaban J connectivity index is 2.02. The molecule has 0 spiro atoms. The molecular formula is C15H17N5. The Morgan fingerprint density at radius 2 is 2.15 bits per heavy atom. The number of nitrogens with zero attached hydrogens (tertiary/aromatic N) is 2. The van der Waals surface area contributed by atoms with Crippen LogP contribution in [0.5, 0.6) is 0 Å². The fraction of sp³-hybridized carbons (Fsp3) is 0.200. The lowest BCUT2D eigenvalue weighted by atomic mass is 9.86. The molecular weight excluding hydrogens is 250 g/mol. The molecule has 102 valence electrons. The van der Waals surface area contributed by atoms with Gasteiger partial charge in [0.2, 0.25) is 0 Å². The van der Waals surface area contributed by atoms with E-state index in [1.165, 1.54) is 0 Å². The first kappa shape index (κ1) is 12.6. The summed E-state index contributed by atoms with van der Waals surface area (Å²) in [6.45, 7) is 2.03. The molecule has 5 N–H and O–H groups in total. The van der Waals surface area contributed by atoms with E-state index in [1.54, 1.807) is 18.6 Å². The van der Waals surface area contributed by atoms with Crippen LogP contribution in [-0.4, -0.2) is 16.5 Å². The van der Waals surface area contributed by atoms with Gasteiger partial charge in [0.05, 0.1) is 5.52 Å². The third-order valence-corrected chi connectivity index (χ3v) is 3.84. The molecule has 2 atom stereocenters. The number of rotatable bonds is 2. The second-order valence-corrected chi connectivity index (χ2v) is 5.02. The molecule has 2 heterocycles. The summed E-state index contributed by atoms with van der Waals surface area (Å²) in [6, 6.07) is 10.1. The first-order valence-electron chi connectivity index (χ1n) is 6.51. The molecule has 2 unspecified atom stereocenters. The average molecular weight is 267 g/mol. The first-order valence-corrected chi connectivity index (χ1v) is 6.51. The molecule has 1 aliphatic rings. The summed E-state index contributed by atoms with van der Waals surface area (Å²) >= 11 is 0. The van der Waals surface area contributed by atoms with E-state index in [1.807, 2.05) is 31.2 Å². The maximum atomic E-state index is 6.39. The van der Waals surface area contributed by atoms with Gasteiger partial charge in [-0.25, -0.2) is 4.99 Å². The molecule has 0 amide bonds. The number of benzene rings is 1. The fourth-order valence-corrected chi connectivity index (χ4v) is 2.45. The molecule has 0 fully saturated rings. The number of amidine groups is 1. The van der Waals surface area contributed by atoms with Crippen molar-refractivity contribution in [2.75, 3.05) is 0 Å². The predicted octanol–water partition coefficient (Wildman–Crippen LogP) is 1.42. The molecule has 20 heavy (non-hydrogen) atoms. The van der Waals surface area contributed by atoms with E-state index in [4.69, 9.17) is 11.5 Å². The van der Waals surface area contributed by atoms with E-state index < -0.39 is 5.66 Å². The molecule has 3 rings (SSSR count). The average Bonchev–Trinajstić information content (AvgIpc) is 2.49. The van der Waals surface area contributed by atoms with Crippen molar-refractivity contribution in [2.24, 2.45) is 16.5 Å². The lowest BCUT2D eigenvalue weighted by molar-refractivity contribution is 0.424. The van der Waals surface area contributed by atoms with Crippen LogP contribution in [-0.2, 0) is 0 Å². The largest absolute Gasteiger partial charge is 0.384 e. The molecule has 1 aromatic heterocycles. The standard InChI is InChI=1S/C15H17N5/c1-10(15(17)14(16)19-7-8-20-15)11-4-5-13-12(9-11)3-2-6-18-13/h2-10,20H,17H2,1H3,(H2,16,19). The Morgan fingerprint density at radius 3 is 2.95 bits per heavy atom. The zero-order chi connectivity index (χ0) is 14.2. The Kier molecular flexibility index (Phi) is 2.91. The van der Waals surface area contributed by atoms with Crippen molar-refractivity contribution in [3.63, 3.8) is 0 Å². The topological polar surface area (TPSA) is 89.3 Å². The van der Waals surface area contributed by atoms with Crippen molar-refractivity contribution in [2.45, 2.75) is 18.5 Å². The van der Waals surface area contributed by atoms with E-state index in [9.17, 15) is 0 Å². The second-order valence-electron chi connectivity index (χ2n) is 5.02. The zero-order valence-corrected chi connectivity index (χ0v) is 11.2. The molecule has 5 nitrogen and oxygen atoms in total. The monoisotopic (exact) mass is 267 g/mol. The molecule has 0 bridgehead atoms. The van der Waals surface area contributed by atoms with Crippen molar-refractivity contribution in [1.82, 2.24) is 10.3 Å². The van der Waals surface area contributed by atoms with Crippen LogP contribution in [0.15, 0.2) is 53.9 Å². The Bertz CT molecular complexity index is 706. The van der Waals surface area contributed by atoms with Crippen molar-refractivity contribution in [3.05, 3.63) is 54.5 Å². The molecule has 2 aromatic rings. The third kappa shape index (κ3) is 1.92. The minimum atomic E-state index is -0.870. The van der Waals surface area contributed by atoms with Crippen LogP contribution >= 0.6 is 0 Å². The van der Waals surface area contributed by atoms with Gasteiger partial charge in [0.25, 0.3) is 0 Å². The van der Waals surface area contributed by atoms with Crippen LogP contribution < -0.4 is 16.8 Å². The predicted molar refractivity (Wildman–Crippen MR) is 81.0 cm³/mol. The first-order chi connectivity index (χ1) is 9.61. The van der Waals surface area contributed by atoms with Crippen LogP contribution in [0.2, 0.25) is 0 Å². The highest BCUT2D eigenvalue weighted by Crippen LogP contribution is 2.28. The van der Waals surface area contributed by atoms with Crippen LogP contribution in [0.25, 0.3) is 10.9 Å². The number of hydrogen-bond acceptors (Lipinski definition) is 5.